The molecule has 3 amide bonds. The second kappa shape index (κ2) is 7.33. The van der Waals surface area contributed by atoms with E-state index in [-0.39, 0.29) is 11.9 Å². The summed E-state index contributed by atoms with van der Waals surface area (Å²) in [4.78, 5) is 34.0. The van der Waals surface area contributed by atoms with Crippen molar-refractivity contribution in [3.8, 4) is 0 Å². The zero-order chi connectivity index (χ0) is 20.0. The van der Waals surface area contributed by atoms with Crippen molar-refractivity contribution in [2.75, 3.05) is 50.7 Å². The molecule has 0 unspecified atom stereocenters. The first-order chi connectivity index (χ1) is 14.2. The molecule has 0 aliphatic carbocycles. The maximum absolute atomic E-state index is 13.3. The Labute approximate surface area is 170 Å². The Balaban J connectivity index is 1.40. The van der Waals surface area contributed by atoms with Crippen LogP contribution in [0.5, 0.6) is 0 Å². The molecule has 0 atom stereocenters. The lowest BCUT2D eigenvalue weighted by molar-refractivity contribution is 0.0680. The van der Waals surface area contributed by atoms with Crippen molar-refractivity contribution >= 4 is 28.5 Å². The van der Waals surface area contributed by atoms with Gasteiger partial charge in [-0.15, -0.1) is 0 Å². The highest BCUT2D eigenvalue weighted by Gasteiger charge is 2.34. The van der Waals surface area contributed by atoms with Crippen LogP contribution in [0.3, 0.4) is 0 Å². The van der Waals surface area contributed by atoms with E-state index in [1.165, 1.54) is 0 Å². The molecule has 1 aromatic heterocycles. The zero-order valence-corrected chi connectivity index (χ0v) is 16.9. The number of H-pyrrole nitrogens is 1. The van der Waals surface area contributed by atoms with Crippen LogP contribution in [-0.4, -0.2) is 88.7 Å². The summed E-state index contributed by atoms with van der Waals surface area (Å²) in [6.45, 7) is 8.19. The molecule has 0 spiro atoms. The minimum atomic E-state index is 0.0177. The molecule has 4 saturated heterocycles. The number of nitrogens with zero attached hydrogens (tertiary/aromatic N) is 5. The van der Waals surface area contributed by atoms with Gasteiger partial charge in [0, 0.05) is 62.9 Å². The number of piperidine rings is 1. The van der Waals surface area contributed by atoms with Crippen LogP contribution in [0, 0.1) is 0 Å². The van der Waals surface area contributed by atoms with E-state index in [4.69, 9.17) is 0 Å². The van der Waals surface area contributed by atoms with E-state index in [0.717, 1.165) is 75.1 Å². The van der Waals surface area contributed by atoms with Crippen molar-refractivity contribution in [1.82, 2.24) is 24.9 Å². The predicted molar refractivity (Wildman–Crippen MR) is 111 cm³/mol. The largest absolute Gasteiger partial charge is 0.333 e. The first-order valence-corrected chi connectivity index (χ1v) is 10.7. The smallest absolute Gasteiger partial charge is 0.324 e. The number of fused-ring (bicyclic) bond motifs is 5. The van der Waals surface area contributed by atoms with Crippen molar-refractivity contribution < 1.29 is 9.59 Å². The minimum absolute atomic E-state index is 0.0177. The summed E-state index contributed by atoms with van der Waals surface area (Å²) in [7, 11) is 0. The second-order valence-electron chi connectivity index (χ2n) is 8.29. The van der Waals surface area contributed by atoms with E-state index < -0.39 is 0 Å². The highest BCUT2D eigenvalue weighted by atomic mass is 16.2. The summed E-state index contributed by atoms with van der Waals surface area (Å²) in [6.07, 6.45) is 3.05. The Morgan fingerprint density at radius 2 is 1.97 bits per heavy atom. The SMILES string of the molecule is CCCN1CCN(c2ccc3c(C(=O)N4CCN5CCC4CC5)n[nH]c3c2)C1=O. The monoisotopic (exact) mass is 396 g/mol. The summed E-state index contributed by atoms with van der Waals surface area (Å²) >= 11 is 0. The van der Waals surface area contributed by atoms with Gasteiger partial charge < -0.3 is 14.7 Å². The quantitative estimate of drug-likeness (QED) is 0.859. The Bertz CT molecular complexity index is 932. The molecule has 2 aromatic rings. The number of carbonyl (C=O) groups is 2. The molecular formula is C21H28N6O2. The van der Waals surface area contributed by atoms with Crippen LogP contribution < -0.4 is 4.90 Å². The van der Waals surface area contributed by atoms with Gasteiger partial charge in [0.2, 0.25) is 0 Å². The van der Waals surface area contributed by atoms with Gasteiger partial charge in [0.05, 0.1) is 5.52 Å². The number of carbonyl (C=O) groups excluding carboxylic acids is 2. The molecule has 1 aromatic carbocycles. The first-order valence-electron chi connectivity index (χ1n) is 10.7. The van der Waals surface area contributed by atoms with E-state index in [1.807, 2.05) is 28.0 Å². The summed E-state index contributed by atoms with van der Waals surface area (Å²) in [5.74, 6) is 0.0177. The number of anilines is 1. The molecule has 8 heteroatoms. The summed E-state index contributed by atoms with van der Waals surface area (Å²) in [5, 5.41) is 8.22. The molecule has 4 aliphatic rings. The van der Waals surface area contributed by atoms with Crippen LogP contribution in [0.25, 0.3) is 10.9 Å². The molecule has 4 aliphatic heterocycles. The van der Waals surface area contributed by atoms with Crippen LogP contribution in [0.2, 0.25) is 0 Å². The Morgan fingerprint density at radius 3 is 2.76 bits per heavy atom. The van der Waals surface area contributed by atoms with E-state index in [2.05, 4.69) is 22.0 Å². The van der Waals surface area contributed by atoms with Crippen molar-refractivity contribution in [2.45, 2.75) is 32.2 Å². The van der Waals surface area contributed by atoms with Crippen molar-refractivity contribution in [1.29, 1.82) is 0 Å². The van der Waals surface area contributed by atoms with Gasteiger partial charge >= 0.3 is 6.03 Å². The minimum Gasteiger partial charge on any atom is -0.333 e. The molecular weight excluding hydrogens is 368 g/mol. The summed E-state index contributed by atoms with van der Waals surface area (Å²) in [6, 6.07) is 6.17. The van der Waals surface area contributed by atoms with Crippen LogP contribution in [-0.2, 0) is 0 Å². The van der Waals surface area contributed by atoms with E-state index in [9.17, 15) is 9.59 Å². The number of urea groups is 1. The highest BCUT2D eigenvalue weighted by Crippen LogP contribution is 2.28. The van der Waals surface area contributed by atoms with Gasteiger partial charge in [0.15, 0.2) is 5.69 Å². The highest BCUT2D eigenvalue weighted by molar-refractivity contribution is 6.06. The molecule has 0 radical (unpaired) electrons. The molecule has 5 heterocycles. The molecule has 1 N–H and O–H groups in total. The van der Waals surface area contributed by atoms with Crippen LogP contribution >= 0.6 is 0 Å². The fraction of sp³-hybridized carbons (Fsp3) is 0.571. The van der Waals surface area contributed by atoms with E-state index in [0.29, 0.717) is 18.3 Å². The lowest BCUT2D eigenvalue weighted by Gasteiger charge is -2.31. The van der Waals surface area contributed by atoms with E-state index >= 15 is 0 Å². The van der Waals surface area contributed by atoms with Gasteiger partial charge in [-0.3, -0.25) is 14.8 Å². The molecule has 8 nitrogen and oxygen atoms in total. The second-order valence-corrected chi connectivity index (χ2v) is 8.29. The Hall–Kier alpha value is -2.61. The van der Waals surface area contributed by atoms with Crippen molar-refractivity contribution in [3.05, 3.63) is 23.9 Å². The molecule has 4 fully saturated rings. The van der Waals surface area contributed by atoms with Crippen molar-refractivity contribution in [3.63, 3.8) is 0 Å². The third-order valence-corrected chi connectivity index (χ3v) is 6.57. The van der Waals surface area contributed by atoms with Gasteiger partial charge in [0.1, 0.15) is 0 Å². The number of aromatic nitrogens is 2. The normalized spacial score (nSPS) is 24.6. The third kappa shape index (κ3) is 3.15. The lowest BCUT2D eigenvalue weighted by Crippen LogP contribution is -2.41. The standard InChI is InChI=1S/C21H28N6O2/c1-2-7-25-11-13-27(21(25)29)16-3-4-17-18(14-16)22-23-19(17)20(28)26-12-10-24-8-5-15(26)6-9-24/h3-4,14-15H,2,5-13H2,1H3,(H,22,23). The average Bonchev–Trinajstić information content (AvgIpc) is 3.18. The fourth-order valence-electron chi connectivity index (χ4n) is 4.93. The third-order valence-electron chi connectivity index (χ3n) is 6.57. The summed E-state index contributed by atoms with van der Waals surface area (Å²) in [5.41, 5.74) is 2.15. The van der Waals surface area contributed by atoms with Gasteiger partial charge in [-0.1, -0.05) is 6.92 Å². The first kappa shape index (κ1) is 18.4. The Kier molecular flexibility index (Phi) is 4.66. The predicted octanol–water partition coefficient (Wildman–Crippen LogP) is 2.14. The average molecular weight is 396 g/mol. The summed E-state index contributed by atoms with van der Waals surface area (Å²) < 4.78 is 0. The molecule has 154 valence electrons. The van der Waals surface area contributed by atoms with Gasteiger partial charge in [0.25, 0.3) is 5.91 Å². The zero-order valence-electron chi connectivity index (χ0n) is 16.9. The maximum atomic E-state index is 13.3. The van der Waals surface area contributed by atoms with Crippen molar-refractivity contribution in [2.24, 2.45) is 0 Å². The number of amides is 3. The van der Waals surface area contributed by atoms with E-state index in [1.54, 1.807) is 4.90 Å². The topological polar surface area (TPSA) is 75.8 Å². The number of hydrogen-bond donors (Lipinski definition) is 1. The van der Waals surface area contributed by atoms with Crippen LogP contribution in [0.4, 0.5) is 10.5 Å². The molecule has 2 bridgehead atoms. The van der Waals surface area contributed by atoms with Crippen LogP contribution in [0.15, 0.2) is 18.2 Å². The lowest BCUT2D eigenvalue weighted by atomic mass is 10.0. The van der Waals surface area contributed by atoms with Crippen LogP contribution in [0.1, 0.15) is 36.7 Å². The number of aromatic amines is 1. The van der Waals surface area contributed by atoms with Gasteiger partial charge in [-0.2, -0.15) is 5.10 Å². The number of rotatable bonds is 4. The number of benzene rings is 1. The Morgan fingerprint density at radius 1 is 1.14 bits per heavy atom. The fourth-order valence-corrected chi connectivity index (χ4v) is 4.93. The molecule has 29 heavy (non-hydrogen) atoms. The molecule has 6 rings (SSSR count). The van der Waals surface area contributed by atoms with Gasteiger partial charge in [-0.25, -0.2) is 4.79 Å². The molecule has 0 saturated carbocycles. The number of hydrogen-bond acceptors (Lipinski definition) is 4. The number of nitrogens with one attached hydrogen (secondary N) is 1. The maximum Gasteiger partial charge on any atom is 0.324 e. The van der Waals surface area contributed by atoms with Gasteiger partial charge in [-0.05, 0) is 37.5 Å².